The number of fused-ring (bicyclic) bond motifs is 1. The second kappa shape index (κ2) is 9.43. The average molecular weight is 438 g/mol. The van der Waals surface area contributed by atoms with Crippen molar-refractivity contribution in [2.45, 2.75) is 43.8 Å². The van der Waals surface area contributed by atoms with E-state index >= 15 is 0 Å². The molecule has 1 heterocycles. The van der Waals surface area contributed by atoms with Gasteiger partial charge in [0.1, 0.15) is 5.75 Å². The van der Waals surface area contributed by atoms with Crippen LogP contribution in [0, 0.1) is 0 Å². The molecule has 0 spiro atoms. The standard InChI is InChI=1S/C23H27N5O2S/c1-15(18-8-7-16-5-3-4-6-19(16)13-18)25-21(29)14-31-23-27-26-22(28(23)24)17-9-11-20(30-2)12-10-17/h7-13,15H,3-6,14,24H2,1-2H3,(H,25,29)/t15-/m1/s1. The molecular formula is C23H27N5O2S. The van der Waals surface area contributed by atoms with Gasteiger partial charge in [0.2, 0.25) is 11.1 Å². The van der Waals surface area contributed by atoms with E-state index in [9.17, 15) is 4.79 Å². The summed E-state index contributed by atoms with van der Waals surface area (Å²) in [6, 6.07) is 13.9. The van der Waals surface area contributed by atoms with Gasteiger partial charge in [-0.05, 0) is 73.6 Å². The zero-order chi connectivity index (χ0) is 21.8. The van der Waals surface area contributed by atoms with Gasteiger partial charge in [-0.1, -0.05) is 30.0 Å². The molecule has 0 unspecified atom stereocenters. The van der Waals surface area contributed by atoms with E-state index in [1.807, 2.05) is 31.2 Å². The number of carbonyl (C=O) groups excluding carboxylic acids is 1. The number of nitrogens with one attached hydrogen (secondary N) is 1. The van der Waals surface area contributed by atoms with Gasteiger partial charge in [-0.2, -0.15) is 0 Å². The van der Waals surface area contributed by atoms with E-state index in [4.69, 9.17) is 10.6 Å². The van der Waals surface area contributed by atoms with Crippen LogP contribution in [-0.2, 0) is 17.6 Å². The monoisotopic (exact) mass is 437 g/mol. The fourth-order valence-electron chi connectivity index (χ4n) is 3.83. The molecule has 4 rings (SSSR count). The smallest absolute Gasteiger partial charge is 0.230 e. The van der Waals surface area contributed by atoms with Crippen molar-refractivity contribution in [3.63, 3.8) is 0 Å². The first-order valence-corrected chi connectivity index (χ1v) is 11.4. The quantitative estimate of drug-likeness (QED) is 0.434. The van der Waals surface area contributed by atoms with Crippen LogP contribution in [0.15, 0.2) is 47.6 Å². The average Bonchev–Trinajstić information content (AvgIpc) is 3.17. The van der Waals surface area contributed by atoms with E-state index in [2.05, 4.69) is 33.7 Å². The maximum atomic E-state index is 12.5. The predicted octanol–water partition coefficient (Wildman–Crippen LogP) is 3.52. The van der Waals surface area contributed by atoms with Gasteiger partial charge in [0, 0.05) is 5.56 Å². The first-order valence-electron chi connectivity index (χ1n) is 10.4. The number of carbonyl (C=O) groups is 1. The Hall–Kier alpha value is -3.00. The number of amides is 1. The SMILES string of the molecule is COc1ccc(-c2nnc(SCC(=O)N[C@H](C)c3ccc4c(c3)CCCC4)n2N)cc1. The molecule has 3 N–H and O–H groups in total. The third-order valence-electron chi connectivity index (χ3n) is 5.60. The van der Waals surface area contributed by atoms with E-state index in [0.717, 1.165) is 29.7 Å². The Balaban J connectivity index is 1.35. The Morgan fingerprint density at radius 1 is 1.16 bits per heavy atom. The van der Waals surface area contributed by atoms with Crippen molar-refractivity contribution in [1.82, 2.24) is 20.2 Å². The molecule has 0 saturated heterocycles. The highest BCUT2D eigenvalue weighted by Crippen LogP contribution is 2.26. The van der Waals surface area contributed by atoms with Crippen LogP contribution in [0.25, 0.3) is 11.4 Å². The maximum absolute atomic E-state index is 12.5. The number of nitrogens with zero attached hydrogens (tertiary/aromatic N) is 3. The molecule has 3 aromatic rings. The summed E-state index contributed by atoms with van der Waals surface area (Å²) < 4.78 is 6.58. The summed E-state index contributed by atoms with van der Waals surface area (Å²) in [7, 11) is 1.62. The third-order valence-corrected chi connectivity index (χ3v) is 6.54. The van der Waals surface area contributed by atoms with Crippen molar-refractivity contribution in [2.24, 2.45) is 0 Å². The summed E-state index contributed by atoms with van der Waals surface area (Å²) in [6.07, 6.45) is 4.79. The molecule has 1 aliphatic rings. The summed E-state index contributed by atoms with van der Waals surface area (Å²) in [6.45, 7) is 2.01. The highest BCUT2D eigenvalue weighted by atomic mass is 32.2. The predicted molar refractivity (Wildman–Crippen MR) is 123 cm³/mol. The van der Waals surface area contributed by atoms with E-state index in [1.165, 1.54) is 40.4 Å². The Bertz CT molecular complexity index is 1060. The Labute approximate surface area is 186 Å². The summed E-state index contributed by atoms with van der Waals surface area (Å²) in [4.78, 5) is 12.5. The lowest BCUT2D eigenvalue weighted by Crippen LogP contribution is -2.28. The molecule has 1 aliphatic carbocycles. The number of aryl methyl sites for hydroxylation is 2. The van der Waals surface area contributed by atoms with Crippen molar-refractivity contribution >= 4 is 17.7 Å². The number of hydrogen-bond donors (Lipinski definition) is 2. The van der Waals surface area contributed by atoms with Crippen LogP contribution in [0.5, 0.6) is 5.75 Å². The molecule has 7 nitrogen and oxygen atoms in total. The maximum Gasteiger partial charge on any atom is 0.230 e. The van der Waals surface area contributed by atoms with Crippen LogP contribution in [0.4, 0.5) is 0 Å². The molecule has 162 valence electrons. The van der Waals surface area contributed by atoms with E-state index in [0.29, 0.717) is 11.0 Å². The zero-order valence-corrected chi connectivity index (χ0v) is 18.6. The lowest BCUT2D eigenvalue weighted by molar-refractivity contribution is -0.119. The Morgan fingerprint density at radius 3 is 2.65 bits per heavy atom. The molecule has 0 saturated carbocycles. The minimum atomic E-state index is -0.0655. The van der Waals surface area contributed by atoms with Crippen molar-refractivity contribution in [1.29, 1.82) is 0 Å². The number of benzene rings is 2. The van der Waals surface area contributed by atoms with E-state index in [1.54, 1.807) is 7.11 Å². The van der Waals surface area contributed by atoms with Crippen molar-refractivity contribution < 1.29 is 9.53 Å². The molecule has 0 fully saturated rings. The number of ether oxygens (including phenoxy) is 1. The van der Waals surface area contributed by atoms with Gasteiger partial charge in [0.15, 0.2) is 5.82 Å². The fraction of sp³-hybridized carbons (Fsp3) is 0.348. The summed E-state index contributed by atoms with van der Waals surface area (Å²) in [5, 5.41) is 11.9. The van der Waals surface area contributed by atoms with E-state index < -0.39 is 0 Å². The lowest BCUT2D eigenvalue weighted by Gasteiger charge is -2.20. The topological polar surface area (TPSA) is 95.1 Å². The highest BCUT2D eigenvalue weighted by Gasteiger charge is 2.17. The molecule has 31 heavy (non-hydrogen) atoms. The van der Waals surface area contributed by atoms with Crippen LogP contribution in [0.3, 0.4) is 0 Å². The molecule has 1 amide bonds. The second-order valence-electron chi connectivity index (χ2n) is 7.72. The number of rotatable bonds is 7. The molecule has 8 heteroatoms. The molecule has 0 radical (unpaired) electrons. The lowest BCUT2D eigenvalue weighted by atomic mass is 9.89. The highest BCUT2D eigenvalue weighted by molar-refractivity contribution is 7.99. The number of methoxy groups -OCH3 is 1. The van der Waals surface area contributed by atoms with Gasteiger partial charge in [0.05, 0.1) is 18.9 Å². The van der Waals surface area contributed by atoms with Gasteiger partial charge in [0.25, 0.3) is 0 Å². The first-order chi connectivity index (χ1) is 15.0. The summed E-state index contributed by atoms with van der Waals surface area (Å²) in [5.74, 6) is 7.60. The van der Waals surface area contributed by atoms with Crippen LogP contribution >= 0.6 is 11.8 Å². The Morgan fingerprint density at radius 2 is 1.90 bits per heavy atom. The van der Waals surface area contributed by atoms with Gasteiger partial charge in [-0.3, -0.25) is 4.79 Å². The Kier molecular flexibility index (Phi) is 6.46. The molecule has 2 aromatic carbocycles. The third kappa shape index (κ3) is 4.85. The number of hydrogen-bond acceptors (Lipinski definition) is 6. The van der Waals surface area contributed by atoms with Crippen LogP contribution in [0.1, 0.15) is 42.5 Å². The van der Waals surface area contributed by atoms with Crippen LogP contribution in [-0.4, -0.2) is 33.6 Å². The number of nitrogens with two attached hydrogens (primary N) is 1. The zero-order valence-electron chi connectivity index (χ0n) is 17.8. The van der Waals surface area contributed by atoms with E-state index in [-0.39, 0.29) is 17.7 Å². The van der Waals surface area contributed by atoms with Crippen molar-refractivity contribution in [2.75, 3.05) is 18.7 Å². The minimum Gasteiger partial charge on any atom is -0.497 e. The normalized spacial score (nSPS) is 14.0. The molecule has 1 atom stereocenters. The number of thioether (sulfide) groups is 1. The minimum absolute atomic E-state index is 0.0501. The molecule has 1 aromatic heterocycles. The molecule has 0 aliphatic heterocycles. The van der Waals surface area contributed by atoms with Crippen molar-refractivity contribution in [3.8, 4) is 17.1 Å². The van der Waals surface area contributed by atoms with Gasteiger partial charge in [-0.15, -0.1) is 10.2 Å². The van der Waals surface area contributed by atoms with Gasteiger partial charge >= 0.3 is 0 Å². The second-order valence-corrected chi connectivity index (χ2v) is 8.66. The van der Waals surface area contributed by atoms with Crippen LogP contribution < -0.4 is 15.9 Å². The van der Waals surface area contributed by atoms with Crippen molar-refractivity contribution in [3.05, 3.63) is 59.2 Å². The van der Waals surface area contributed by atoms with Crippen LogP contribution in [0.2, 0.25) is 0 Å². The number of nitrogen functional groups attached to an aromatic ring is 1. The van der Waals surface area contributed by atoms with Gasteiger partial charge < -0.3 is 15.9 Å². The summed E-state index contributed by atoms with van der Waals surface area (Å²) >= 11 is 1.27. The number of aromatic nitrogens is 3. The summed E-state index contributed by atoms with van der Waals surface area (Å²) in [5.41, 5.74) is 4.83. The molecular weight excluding hydrogens is 410 g/mol. The van der Waals surface area contributed by atoms with Gasteiger partial charge in [-0.25, -0.2) is 4.68 Å². The molecule has 0 bridgehead atoms. The largest absolute Gasteiger partial charge is 0.497 e. The first kappa shape index (κ1) is 21.2. The fourth-order valence-corrected chi connectivity index (χ4v) is 4.50.